The Morgan fingerprint density at radius 2 is 2.18 bits per heavy atom. The highest BCUT2D eigenvalue weighted by molar-refractivity contribution is 6.05. The molecular weight excluding hydrogens is 212 g/mol. The molecule has 84 valence electrons. The molecule has 17 heavy (non-hydrogen) atoms. The van der Waals surface area contributed by atoms with Crippen LogP contribution in [0.25, 0.3) is 10.9 Å². The van der Waals surface area contributed by atoms with Crippen molar-refractivity contribution in [1.29, 1.82) is 0 Å². The third-order valence-corrected chi connectivity index (χ3v) is 2.43. The van der Waals surface area contributed by atoms with E-state index in [4.69, 9.17) is 6.42 Å². The van der Waals surface area contributed by atoms with Crippen molar-refractivity contribution in [3.8, 4) is 12.3 Å². The normalized spacial score (nSPS) is 9.82. The molecule has 0 spiro atoms. The van der Waals surface area contributed by atoms with E-state index in [-0.39, 0.29) is 5.91 Å². The molecule has 3 nitrogen and oxygen atoms in total. The molecule has 0 aliphatic heterocycles. The Morgan fingerprint density at radius 1 is 1.35 bits per heavy atom. The van der Waals surface area contributed by atoms with Crippen LogP contribution >= 0.6 is 0 Å². The third kappa shape index (κ3) is 2.43. The van der Waals surface area contributed by atoms with Gasteiger partial charge < -0.3 is 5.32 Å². The number of pyridine rings is 1. The van der Waals surface area contributed by atoms with Gasteiger partial charge in [0, 0.05) is 24.5 Å². The van der Waals surface area contributed by atoms with E-state index >= 15 is 0 Å². The summed E-state index contributed by atoms with van der Waals surface area (Å²) in [6.45, 7) is 0.485. The van der Waals surface area contributed by atoms with Crippen molar-refractivity contribution >= 4 is 16.8 Å². The molecule has 0 saturated heterocycles. The van der Waals surface area contributed by atoms with Crippen molar-refractivity contribution < 1.29 is 4.79 Å². The maximum Gasteiger partial charge on any atom is 0.253 e. The predicted octanol–water partition coefficient (Wildman–Crippen LogP) is 1.99. The molecule has 1 aromatic carbocycles. The Kier molecular flexibility index (Phi) is 3.37. The minimum absolute atomic E-state index is 0.135. The number of aromatic nitrogens is 1. The topological polar surface area (TPSA) is 42.0 Å². The van der Waals surface area contributed by atoms with Gasteiger partial charge in [-0.2, -0.15) is 0 Å². The molecule has 0 atom stereocenters. The summed E-state index contributed by atoms with van der Waals surface area (Å²) in [6.07, 6.45) is 7.34. The van der Waals surface area contributed by atoms with Crippen LogP contribution in [-0.2, 0) is 0 Å². The summed E-state index contributed by atoms with van der Waals surface area (Å²) >= 11 is 0. The first-order valence-electron chi connectivity index (χ1n) is 5.38. The lowest BCUT2D eigenvalue weighted by Gasteiger charge is -2.05. The molecule has 2 aromatic rings. The highest BCUT2D eigenvalue weighted by atomic mass is 16.1. The second-order valence-electron chi connectivity index (χ2n) is 3.59. The second kappa shape index (κ2) is 5.13. The highest BCUT2D eigenvalue weighted by Crippen LogP contribution is 2.15. The van der Waals surface area contributed by atoms with Gasteiger partial charge in [-0.05, 0) is 12.1 Å². The van der Waals surface area contributed by atoms with E-state index in [1.165, 1.54) is 0 Å². The number of para-hydroxylation sites is 1. The lowest BCUT2D eigenvalue weighted by atomic mass is 10.1. The maximum absolute atomic E-state index is 11.9. The smallest absolute Gasteiger partial charge is 0.253 e. The standard InChI is InChI=1S/C14H12N2O/c1-2-3-9-16-14(17)12-8-4-6-11-7-5-10-15-13(11)12/h1,4-8,10H,3,9H2,(H,16,17). The molecule has 0 bridgehead atoms. The highest BCUT2D eigenvalue weighted by Gasteiger charge is 2.09. The van der Waals surface area contributed by atoms with E-state index in [1.54, 1.807) is 12.3 Å². The minimum Gasteiger partial charge on any atom is -0.351 e. The summed E-state index contributed by atoms with van der Waals surface area (Å²) in [5.74, 6) is 2.35. The van der Waals surface area contributed by atoms with Gasteiger partial charge in [-0.3, -0.25) is 9.78 Å². The Bertz CT molecular complexity index is 579. The summed E-state index contributed by atoms with van der Waals surface area (Å²) in [5, 5.41) is 3.73. The lowest BCUT2D eigenvalue weighted by molar-refractivity contribution is 0.0956. The molecule has 0 radical (unpaired) electrons. The fourth-order valence-electron chi connectivity index (χ4n) is 1.63. The molecule has 0 unspecified atom stereocenters. The predicted molar refractivity (Wildman–Crippen MR) is 67.5 cm³/mol. The summed E-state index contributed by atoms with van der Waals surface area (Å²) in [5.41, 5.74) is 1.30. The Hall–Kier alpha value is -2.34. The first kappa shape index (κ1) is 11.2. The molecule has 3 heteroatoms. The van der Waals surface area contributed by atoms with Gasteiger partial charge in [-0.1, -0.05) is 18.2 Å². The van der Waals surface area contributed by atoms with Crippen LogP contribution in [-0.4, -0.2) is 17.4 Å². The summed E-state index contributed by atoms with van der Waals surface area (Å²) in [6, 6.07) is 9.32. The molecule has 1 aromatic heterocycles. The monoisotopic (exact) mass is 224 g/mol. The fourth-order valence-corrected chi connectivity index (χ4v) is 1.63. The third-order valence-electron chi connectivity index (χ3n) is 2.43. The van der Waals surface area contributed by atoms with Crippen molar-refractivity contribution in [2.24, 2.45) is 0 Å². The number of hydrogen-bond acceptors (Lipinski definition) is 2. The molecule has 0 saturated carbocycles. The largest absolute Gasteiger partial charge is 0.351 e. The van der Waals surface area contributed by atoms with Crippen LogP contribution in [0.3, 0.4) is 0 Å². The lowest BCUT2D eigenvalue weighted by Crippen LogP contribution is -2.24. The van der Waals surface area contributed by atoms with E-state index < -0.39 is 0 Å². The number of nitrogens with one attached hydrogen (secondary N) is 1. The number of hydrogen-bond donors (Lipinski definition) is 1. The molecule has 1 amide bonds. The molecule has 0 aliphatic rings. The van der Waals surface area contributed by atoms with Gasteiger partial charge in [0.05, 0.1) is 11.1 Å². The first-order valence-corrected chi connectivity index (χ1v) is 5.38. The number of terminal acetylenes is 1. The number of rotatable bonds is 3. The van der Waals surface area contributed by atoms with Gasteiger partial charge in [0.2, 0.25) is 0 Å². The van der Waals surface area contributed by atoms with Gasteiger partial charge in [0.15, 0.2) is 0 Å². The van der Waals surface area contributed by atoms with Gasteiger partial charge in [0.1, 0.15) is 0 Å². The van der Waals surface area contributed by atoms with E-state index in [0.29, 0.717) is 24.0 Å². The second-order valence-corrected chi connectivity index (χ2v) is 3.59. The van der Waals surface area contributed by atoms with Gasteiger partial charge in [-0.15, -0.1) is 12.3 Å². The summed E-state index contributed by atoms with van der Waals surface area (Å²) in [7, 11) is 0. The van der Waals surface area contributed by atoms with Crippen LogP contribution in [0.2, 0.25) is 0 Å². The van der Waals surface area contributed by atoms with Gasteiger partial charge in [0.25, 0.3) is 5.91 Å². The maximum atomic E-state index is 11.9. The number of carbonyl (C=O) groups excluding carboxylic acids is 1. The van der Waals surface area contributed by atoms with Crippen molar-refractivity contribution in [3.05, 3.63) is 42.1 Å². The van der Waals surface area contributed by atoms with E-state index in [2.05, 4.69) is 16.2 Å². The average Bonchev–Trinajstić information content (AvgIpc) is 2.38. The van der Waals surface area contributed by atoms with E-state index in [9.17, 15) is 4.79 Å². The molecule has 0 fully saturated rings. The van der Waals surface area contributed by atoms with Crippen LogP contribution in [0.4, 0.5) is 0 Å². The zero-order valence-electron chi connectivity index (χ0n) is 9.31. The number of carbonyl (C=O) groups is 1. The zero-order chi connectivity index (χ0) is 12.1. The number of nitrogens with zero attached hydrogens (tertiary/aromatic N) is 1. The molecular formula is C14H12N2O. The molecule has 1 N–H and O–H groups in total. The zero-order valence-corrected chi connectivity index (χ0v) is 9.31. The summed E-state index contributed by atoms with van der Waals surface area (Å²) < 4.78 is 0. The summed E-state index contributed by atoms with van der Waals surface area (Å²) in [4.78, 5) is 16.1. The SMILES string of the molecule is C#CCCNC(=O)c1cccc2cccnc12. The Balaban J connectivity index is 2.29. The van der Waals surface area contributed by atoms with Crippen LogP contribution < -0.4 is 5.32 Å². The number of fused-ring (bicyclic) bond motifs is 1. The van der Waals surface area contributed by atoms with Crippen molar-refractivity contribution in [3.63, 3.8) is 0 Å². The van der Waals surface area contributed by atoms with Gasteiger partial charge in [-0.25, -0.2) is 0 Å². The number of benzene rings is 1. The Morgan fingerprint density at radius 3 is 3.00 bits per heavy atom. The average molecular weight is 224 g/mol. The van der Waals surface area contributed by atoms with Crippen molar-refractivity contribution in [2.45, 2.75) is 6.42 Å². The van der Waals surface area contributed by atoms with Crippen LogP contribution in [0.5, 0.6) is 0 Å². The van der Waals surface area contributed by atoms with E-state index in [1.807, 2.05) is 24.3 Å². The Labute approximate surface area is 99.9 Å². The van der Waals surface area contributed by atoms with E-state index in [0.717, 1.165) is 5.39 Å². The van der Waals surface area contributed by atoms with Crippen LogP contribution in [0.15, 0.2) is 36.5 Å². The van der Waals surface area contributed by atoms with Crippen molar-refractivity contribution in [1.82, 2.24) is 10.3 Å². The molecule has 2 rings (SSSR count). The van der Waals surface area contributed by atoms with Gasteiger partial charge >= 0.3 is 0 Å². The van der Waals surface area contributed by atoms with Crippen LogP contribution in [0.1, 0.15) is 16.8 Å². The van der Waals surface area contributed by atoms with Crippen molar-refractivity contribution in [2.75, 3.05) is 6.54 Å². The molecule has 0 aliphatic carbocycles. The first-order chi connectivity index (χ1) is 8.33. The molecule has 1 heterocycles. The number of amides is 1. The quantitative estimate of drug-likeness (QED) is 0.640. The van der Waals surface area contributed by atoms with Crippen LogP contribution in [0, 0.1) is 12.3 Å². The minimum atomic E-state index is -0.135. The fraction of sp³-hybridized carbons (Fsp3) is 0.143.